The summed E-state index contributed by atoms with van der Waals surface area (Å²) in [5, 5.41) is 4.36. The van der Waals surface area contributed by atoms with E-state index >= 15 is 0 Å². The summed E-state index contributed by atoms with van der Waals surface area (Å²) >= 11 is 2.64. The molecule has 0 bridgehead atoms. The van der Waals surface area contributed by atoms with Gasteiger partial charge in [0.05, 0.1) is 26.8 Å². The molecule has 3 nitrogen and oxygen atoms in total. The van der Waals surface area contributed by atoms with E-state index in [0.29, 0.717) is 9.56 Å². The highest BCUT2D eigenvalue weighted by Gasteiger charge is 2.38. The van der Waals surface area contributed by atoms with E-state index in [0.717, 1.165) is 50.6 Å². The van der Waals surface area contributed by atoms with Crippen molar-refractivity contribution in [1.82, 2.24) is 14.8 Å². The summed E-state index contributed by atoms with van der Waals surface area (Å²) in [7, 11) is 0. The van der Waals surface area contributed by atoms with Crippen LogP contribution >= 0.6 is 23.1 Å². The molecule has 4 rings (SSSR count). The van der Waals surface area contributed by atoms with Gasteiger partial charge in [0.15, 0.2) is 5.69 Å². The van der Waals surface area contributed by atoms with Gasteiger partial charge in [-0.05, 0) is 55.1 Å². The third-order valence-corrected chi connectivity index (χ3v) is 6.77. The van der Waals surface area contributed by atoms with Crippen molar-refractivity contribution in [2.45, 2.75) is 24.3 Å². The Bertz CT molecular complexity index is 1300. The minimum absolute atomic E-state index is 0.0827. The normalized spacial score (nSPS) is 12.4. The second-order valence-electron chi connectivity index (χ2n) is 7.05. The molecule has 0 unspecified atom stereocenters. The fourth-order valence-electron chi connectivity index (χ4n) is 3.32. The summed E-state index contributed by atoms with van der Waals surface area (Å²) < 4.78 is 81.7. The van der Waals surface area contributed by atoms with Crippen LogP contribution in [0, 0.1) is 6.92 Å². The van der Waals surface area contributed by atoms with Gasteiger partial charge in [0, 0.05) is 16.6 Å². The highest BCUT2D eigenvalue weighted by Crippen LogP contribution is 2.41. The summed E-state index contributed by atoms with van der Waals surface area (Å²) in [5.41, 5.74) is -1.20. The molecule has 3 heterocycles. The van der Waals surface area contributed by atoms with Crippen LogP contribution in [0.5, 0.6) is 0 Å². The molecule has 172 valence electrons. The van der Waals surface area contributed by atoms with Crippen LogP contribution in [0.2, 0.25) is 0 Å². The van der Waals surface area contributed by atoms with E-state index in [2.05, 4.69) is 10.1 Å². The van der Waals surface area contributed by atoms with Crippen molar-refractivity contribution < 1.29 is 26.3 Å². The molecule has 0 aliphatic rings. The molecule has 0 saturated carbocycles. The fourth-order valence-corrected chi connectivity index (χ4v) is 4.85. The molecule has 33 heavy (non-hydrogen) atoms. The zero-order valence-electron chi connectivity index (χ0n) is 17.1. The maximum atomic E-state index is 13.6. The topological polar surface area (TPSA) is 30.7 Å². The SMILES string of the molecule is CSc1ncc(-c2ccc(-c3cc(C(F)(F)F)nn3-c3ccccc3C(F)(F)F)s2)cc1C. The largest absolute Gasteiger partial charge is 0.435 e. The quantitative estimate of drug-likeness (QED) is 0.213. The van der Waals surface area contributed by atoms with Gasteiger partial charge in [0.1, 0.15) is 0 Å². The smallest absolute Gasteiger partial charge is 0.249 e. The van der Waals surface area contributed by atoms with E-state index in [1.54, 1.807) is 18.3 Å². The van der Waals surface area contributed by atoms with E-state index < -0.39 is 29.3 Å². The molecule has 0 amide bonds. The summed E-state index contributed by atoms with van der Waals surface area (Å²) in [4.78, 5) is 5.44. The van der Waals surface area contributed by atoms with Gasteiger partial charge >= 0.3 is 12.4 Å². The van der Waals surface area contributed by atoms with E-state index in [-0.39, 0.29) is 5.69 Å². The van der Waals surface area contributed by atoms with Crippen molar-refractivity contribution in [3.05, 3.63) is 71.5 Å². The van der Waals surface area contributed by atoms with Crippen molar-refractivity contribution in [2.75, 3.05) is 6.26 Å². The Morgan fingerprint density at radius 1 is 0.909 bits per heavy atom. The average molecular weight is 500 g/mol. The molecule has 0 N–H and O–H groups in total. The molecular formula is C22H15F6N3S2. The third-order valence-electron chi connectivity index (χ3n) is 4.80. The van der Waals surface area contributed by atoms with Crippen LogP contribution in [-0.4, -0.2) is 21.0 Å². The Labute approximate surface area is 193 Å². The molecule has 0 aliphatic carbocycles. The van der Waals surface area contributed by atoms with Crippen LogP contribution in [-0.2, 0) is 12.4 Å². The molecule has 0 saturated heterocycles. The Hall–Kier alpha value is -2.79. The number of aromatic nitrogens is 3. The average Bonchev–Trinajstić information content (AvgIpc) is 3.40. The van der Waals surface area contributed by atoms with Gasteiger partial charge in [-0.3, -0.25) is 0 Å². The van der Waals surface area contributed by atoms with Crippen molar-refractivity contribution in [1.29, 1.82) is 0 Å². The lowest BCUT2D eigenvalue weighted by Gasteiger charge is -2.14. The van der Waals surface area contributed by atoms with Gasteiger partial charge in [0.2, 0.25) is 0 Å². The molecular weight excluding hydrogens is 484 g/mol. The maximum absolute atomic E-state index is 13.6. The molecule has 11 heteroatoms. The highest BCUT2D eigenvalue weighted by molar-refractivity contribution is 7.98. The molecule has 0 spiro atoms. The molecule has 0 aliphatic heterocycles. The minimum Gasteiger partial charge on any atom is -0.249 e. The first kappa shape index (κ1) is 23.4. The van der Waals surface area contributed by atoms with Gasteiger partial charge in [-0.1, -0.05) is 12.1 Å². The molecule has 3 aromatic heterocycles. The summed E-state index contributed by atoms with van der Waals surface area (Å²) in [6, 6.07) is 10.4. The summed E-state index contributed by atoms with van der Waals surface area (Å²) in [6.07, 6.45) is -6.02. The number of thiophene rings is 1. The lowest BCUT2D eigenvalue weighted by molar-refractivity contribution is -0.141. The monoisotopic (exact) mass is 499 g/mol. The molecule has 0 atom stereocenters. The van der Waals surface area contributed by atoms with Crippen molar-refractivity contribution in [2.24, 2.45) is 0 Å². The zero-order valence-corrected chi connectivity index (χ0v) is 18.8. The number of pyridine rings is 1. The number of para-hydroxylation sites is 1. The number of thioether (sulfide) groups is 1. The number of rotatable bonds is 4. The Morgan fingerprint density at radius 2 is 1.61 bits per heavy atom. The predicted octanol–water partition coefficient (Wildman–Crippen LogP) is 7.73. The van der Waals surface area contributed by atoms with Gasteiger partial charge in [-0.15, -0.1) is 23.1 Å². The lowest BCUT2D eigenvalue weighted by atomic mass is 10.1. The number of halogens is 6. The van der Waals surface area contributed by atoms with E-state index in [1.807, 2.05) is 19.2 Å². The molecule has 4 aromatic rings. The summed E-state index contributed by atoms with van der Waals surface area (Å²) in [5.74, 6) is 0. The van der Waals surface area contributed by atoms with Crippen molar-refractivity contribution >= 4 is 23.1 Å². The Balaban J connectivity index is 1.86. The Kier molecular flexibility index (Phi) is 6.04. The van der Waals surface area contributed by atoms with Gasteiger partial charge in [0.25, 0.3) is 0 Å². The van der Waals surface area contributed by atoms with Crippen LogP contribution in [0.15, 0.2) is 59.8 Å². The predicted molar refractivity (Wildman–Crippen MR) is 117 cm³/mol. The van der Waals surface area contributed by atoms with E-state index in [9.17, 15) is 26.3 Å². The maximum Gasteiger partial charge on any atom is 0.435 e. The number of hydrogen-bond donors (Lipinski definition) is 0. The first-order valence-electron chi connectivity index (χ1n) is 9.44. The molecule has 0 radical (unpaired) electrons. The molecule has 1 aromatic carbocycles. The first-order chi connectivity index (χ1) is 15.5. The first-order valence-corrected chi connectivity index (χ1v) is 11.5. The fraction of sp³-hybridized carbons (Fsp3) is 0.182. The number of nitrogens with zero attached hydrogens (tertiary/aromatic N) is 3. The van der Waals surface area contributed by atoms with Crippen molar-refractivity contribution in [3.8, 4) is 26.7 Å². The number of aryl methyl sites for hydroxylation is 1. The van der Waals surface area contributed by atoms with Gasteiger partial charge in [-0.25, -0.2) is 9.67 Å². The lowest BCUT2D eigenvalue weighted by Crippen LogP contribution is -2.13. The van der Waals surface area contributed by atoms with Crippen LogP contribution < -0.4 is 0 Å². The van der Waals surface area contributed by atoms with Crippen LogP contribution in [0.1, 0.15) is 16.8 Å². The van der Waals surface area contributed by atoms with Crippen LogP contribution in [0.25, 0.3) is 26.7 Å². The van der Waals surface area contributed by atoms with Gasteiger partial charge in [-0.2, -0.15) is 31.4 Å². The zero-order chi connectivity index (χ0) is 24.0. The van der Waals surface area contributed by atoms with Gasteiger partial charge < -0.3 is 0 Å². The second-order valence-corrected chi connectivity index (χ2v) is 8.93. The number of hydrogen-bond acceptors (Lipinski definition) is 4. The van der Waals surface area contributed by atoms with Crippen LogP contribution in [0.3, 0.4) is 0 Å². The van der Waals surface area contributed by atoms with E-state index in [1.165, 1.54) is 23.9 Å². The Morgan fingerprint density at radius 3 is 2.24 bits per heavy atom. The second kappa shape index (κ2) is 8.53. The minimum atomic E-state index is -4.82. The molecule has 0 fully saturated rings. The number of alkyl halides is 6. The number of benzene rings is 1. The highest BCUT2D eigenvalue weighted by atomic mass is 32.2. The van der Waals surface area contributed by atoms with Crippen LogP contribution in [0.4, 0.5) is 26.3 Å². The summed E-state index contributed by atoms with van der Waals surface area (Å²) in [6.45, 7) is 1.90. The van der Waals surface area contributed by atoms with E-state index in [4.69, 9.17) is 0 Å². The third kappa shape index (κ3) is 4.65. The van der Waals surface area contributed by atoms with Crippen molar-refractivity contribution in [3.63, 3.8) is 0 Å². The standard InChI is InChI=1S/C22H15F6N3S2/c1-12-9-13(11-29-20(12)32-2)17-7-8-18(33-17)16-10-19(22(26,27)28)30-31(16)15-6-4-3-5-14(15)21(23,24)25/h3-11H,1-2H3.